The number of para-hydroxylation sites is 1. The van der Waals surface area contributed by atoms with E-state index in [1.54, 1.807) is 0 Å². The molecule has 134 valence electrons. The molecule has 1 amide bonds. The van der Waals surface area contributed by atoms with E-state index in [9.17, 15) is 4.79 Å². The summed E-state index contributed by atoms with van der Waals surface area (Å²) < 4.78 is 6.80. The van der Waals surface area contributed by atoms with Gasteiger partial charge < -0.3 is 10.1 Å². The zero-order valence-electron chi connectivity index (χ0n) is 14.6. The summed E-state index contributed by atoms with van der Waals surface area (Å²) in [5, 5.41) is 5.73. The van der Waals surface area contributed by atoms with Crippen molar-refractivity contribution in [2.75, 3.05) is 11.9 Å². The van der Waals surface area contributed by atoms with E-state index < -0.39 is 0 Å². The number of benzene rings is 2. The molecule has 4 nitrogen and oxygen atoms in total. The average Bonchev–Trinajstić information content (AvgIpc) is 3.07. The Kier molecular flexibility index (Phi) is 6.26. The van der Waals surface area contributed by atoms with Gasteiger partial charge in [-0.25, -0.2) is 4.98 Å². The highest BCUT2D eigenvalue weighted by Crippen LogP contribution is 2.32. The van der Waals surface area contributed by atoms with Gasteiger partial charge in [0.15, 0.2) is 0 Å². The SMILES string of the molecule is CCOc1ccccc1-c1nc(CC(=O)Nc2ccc(C)c(I)c2)cs1. The number of halogens is 1. The number of hydrogen-bond donors (Lipinski definition) is 1. The molecule has 6 heteroatoms. The van der Waals surface area contributed by atoms with Crippen LogP contribution in [0, 0.1) is 10.5 Å². The molecule has 0 unspecified atom stereocenters. The van der Waals surface area contributed by atoms with Crippen LogP contribution in [0.3, 0.4) is 0 Å². The highest BCUT2D eigenvalue weighted by Gasteiger charge is 2.12. The Morgan fingerprint density at radius 1 is 1.27 bits per heavy atom. The molecule has 0 saturated heterocycles. The second kappa shape index (κ2) is 8.64. The van der Waals surface area contributed by atoms with Gasteiger partial charge in [-0.2, -0.15) is 0 Å². The Bertz CT molecular complexity index is 924. The minimum Gasteiger partial charge on any atom is -0.493 e. The van der Waals surface area contributed by atoms with Gasteiger partial charge in [0.2, 0.25) is 5.91 Å². The minimum atomic E-state index is -0.0698. The monoisotopic (exact) mass is 478 g/mol. The molecule has 0 spiro atoms. The van der Waals surface area contributed by atoms with Crippen LogP contribution < -0.4 is 10.1 Å². The number of hydrogen-bond acceptors (Lipinski definition) is 4. The number of rotatable bonds is 6. The number of nitrogens with one attached hydrogen (secondary N) is 1. The van der Waals surface area contributed by atoms with E-state index in [-0.39, 0.29) is 12.3 Å². The number of carbonyl (C=O) groups is 1. The lowest BCUT2D eigenvalue weighted by atomic mass is 10.2. The molecule has 0 fully saturated rings. The van der Waals surface area contributed by atoms with Crippen molar-refractivity contribution in [3.8, 4) is 16.3 Å². The number of aromatic nitrogens is 1. The first-order valence-corrected chi connectivity index (χ1v) is 10.2. The van der Waals surface area contributed by atoms with Gasteiger partial charge in [0.05, 0.1) is 24.3 Å². The topological polar surface area (TPSA) is 51.2 Å². The first-order chi connectivity index (χ1) is 12.6. The summed E-state index contributed by atoms with van der Waals surface area (Å²) in [5.74, 6) is 0.745. The number of amides is 1. The van der Waals surface area contributed by atoms with Crippen molar-refractivity contribution in [3.63, 3.8) is 0 Å². The normalized spacial score (nSPS) is 10.6. The first kappa shape index (κ1) is 18.8. The molecule has 26 heavy (non-hydrogen) atoms. The summed E-state index contributed by atoms with van der Waals surface area (Å²) in [6.07, 6.45) is 0.248. The summed E-state index contributed by atoms with van der Waals surface area (Å²) in [5.41, 5.74) is 3.72. The van der Waals surface area contributed by atoms with Crippen molar-refractivity contribution in [1.29, 1.82) is 0 Å². The Morgan fingerprint density at radius 3 is 2.85 bits per heavy atom. The fraction of sp³-hybridized carbons (Fsp3) is 0.200. The second-order valence-electron chi connectivity index (χ2n) is 5.76. The Hall–Kier alpha value is -1.93. The van der Waals surface area contributed by atoms with E-state index in [1.807, 2.05) is 61.7 Å². The van der Waals surface area contributed by atoms with Crippen LogP contribution in [-0.2, 0) is 11.2 Å². The average molecular weight is 478 g/mol. The van der Waals surface area contributed by atoms with E-state index in [2.05, 4.69) is 32.9 Å². The van der Waals surface area contributed by atoms with Crippen molar-refractivity contribution in [3.05, 3.63) is 62.7 Å². The van der Waals surface area contributed by atoms with E-state index in [4.69, 9.17) is 4.74 Å². The lowest BCUT2D eigenvalue weighted by molar-refractivity contribution is -0.115. The molecule has 0 bridgehead atoms. The Balaban J connectivity index is 1.70. The fourth-order valence-corrected chi connectivity index (χ4v) is 3.84. The molecule has 1 N–H and O–H groups in total. The Morgan fingerprint density at radius 2 is 2.08 bits per heavy atom. The predicted molar refractivity (Wildman–Crippen MR) is 115 cm³/mol. The third-order valence-corrected chi connectivity index (χ3v) is 5.85. The van der Waals surface area contributed by atoms with Gasteiger partial charge in [-0.05, 0) is 66.3 Å². The van der Waals surface area contributed by atoms with E-state index in [1.165, 1.54) is 16.9 Å². The number of ether oxygens (including phenoxy) is 1. The molecule has 0 radical (unpaired) electrons. The summed E-state index contributed by atoms with van der Waals surface area (Å²) in [6, 6.07) is 13.7. The van der Waals surface area contributed by atoms with Crippen molar-refractivity contribution in [1.82, 2.24) is 4.98 Å². The van der Waals surface area contributed by atoms with Crippen molar-refractivity contribution < 1.29 is 9.53 Å². The highest BCUT2D eigenvalue weighted by atomic mass is 127. The van der Waals surface area contributed by atoms with Gasteiger partial charge in [0.25, 0.3) is 0 Å². The number of anilines is 1. The van der Waals surface area contributed by atoms with Crippen molar-refractivity contribution >= 4 is 45.5 Å². The molecule has 0 atom stereocenters. The first-order valence-electron chi connectivity index (χ1n) is 8.29. The summed E-state index contributed by atoms with van der Waals surface area (Å²) in [6.45, 7) is 4.61. The van der Waals surface area contributed by atoms with Gasteiger partial charge in [0, 0.05) is 14.6 Å². The molecule has 0 aliphatic heterocycles. The number of thiazole rings is 1. The third-order valence-electron chi connectivity index (χ3n) is 3.77. The van der Waals surface area contributed by atoms with Crippen LogP contribution in [0.1, 0.15) is 18.2 Å². The minimum absolute atomic E-state index is 0.0698. The van der Waals surface area contributed by atoms with Crippen LogP contribution in [-0.4, -0.2) is 17.5 Å². The van der Waals surface area contributed by atoms with Gasteiger partial charge >= 0.3 is 0 Å². The molecular weight excluding hydrogens is 459 g/mol. The maximum Gasteiger partial charge on any atom is 0.230 e. The fourth-order valence-electron chi connectivity index (χ4n) is 2.48. The third kappa shape index (κ3) is 4.62. The predicted octanol–water partition coefficient (Wildman–Crippen LogP) is 5.30. The number of aryl methyl sites for hydroxylation is 1. The molecule has 1 heterocycles. The maximum atomic E-state index is 12.3. The molecule has 0 saturated carbocycles. The van der Waals surface area contributed by atoms with Crippen LogP contribution in [0.25, 0.3) is 10.6 Å². The molecule has 3 aromatic rings. The molecule has 0 aliphatic carbocycles. The van der Waals surface area contributed by atoms with Crippen LogP contribution >= 0.6 is 33.9 Å². The van der Waals surface area contributed by atoms with Crippen LogP contribution in [0.4, 0.5) is 5.69 Å². The van der Waals surface area contributed by atoms with E-state index in [0.29, 0.717) is 6.61 Å². The molecule has 2 aromatic carbocycles. The number of carbonyl (C=O) groups excluding carboxylic acids is 1. The summed E-state index contributed by atoms with van der Waals surface area (Å²) >= 11 is 3.79. The second-order valence-corrected chi connectivity index (χ2v) is 7.78. The largest absolute Gasteiger partial charge is 0.493 e. The summed E-state index contributed by atoms with van der Waals surface area (Å²) in [4.78, 5) is 16.9. The Labute approximate surface area is 170 Å². The van der Waals surface area contributed by atoms with Crippen LogP contribution in [0.2, 0.25) is 0 Å². The van der Waals surface area contributed by atoms with E-state index >= 15 is 0 Å². The molecule has 0 aliphatic rings. The van der Waals surface area contributed by atoms with Gasteiger partial charge in [0.1, 0.15) is 10.8 Å². The smallest absolute Gasteiger partial charge is 0.230 e. The van der Waals surface area contributed by atoms with Gasteiger partial charge in [-0.1, -0.05) is 18.2 Å². The van der Waals surface area contributed by atoms with Crippen molar-refractivity contribution in [2.45, 2.75) is 20.3 Å². The highest BCUT2D eigenvalue weighted by molar-refractivity contribution is 14.1. The lowest BCUT2D eigenvalue weighted by Crippen LogP contribution is -2.14. The number of nitrogens with zero attached hydrogens (tertiary/aromatic N) is 1. The molecule has 3 rings (SSSR count). The quantitative estimate of drug-likeness (QED) is 0.489. The lowest BCUT2D eigenvalue weighted by Gasteiger charge is -2.07. The molecular formula is C20H19IN2O2S. The van der Waals surface area contributed by atoms with Crippen molar-refractivity contribution in [2.24, 2.45) is 0 Å². The zero-order valence-corrected chi connectivity index (χ0v) is 17.6. The molecule has 1 aromatic heterocycles. The zero-order chi connectivity index (χ0) is 18.5. The van der Waals surface area contributed by atoms with Crippen LogP contribution in [0.15, 0.2) is 47.8 Å². The van der Waals surface area contributed by atoms with E-state index in [0.717, 1.165) is 31.3 Å². The summed E-state index contributed by atoms with van der Waals surface area (Å²) in [7, 11) is 0. The van der Waals surface area contributed by atoms with Gasteiger partial charge in [-0.3, -0.25) is 4.79 Å². The van der Waals surface area contributed by atoms with Crippen LogP contribution in [0.5, 0.6) is 5.75 Å². The van der Waals surface area contributed by atoms with Gasteiger partial charge in [-0.15, -0.1) is 11.3 Å². The standard InChI is InChI=1S/C20H19IN2O2S/c1-3-25-18-7-5-4-6-16(18)20-23-15(12-26-20)11-19(24)22-14-9-8-13(2)17(21)10-14/h4-10,12H,3,11H2,1-2H3,(H,22,24). The maximum absolute atomic E-state index is 12.3.